The molecule has 0 bridgehead atoms. The lowest BCUT2D eigenvalue weighted by atomic mass is 10.1. The van der Waals surface area contributed by atoms with E-state index in [1.54, 1.807) is 0 Å². The Morgan fingerprint density at radius 3 is 2.64 bits per heavy atom. The van der Waals surface area contributed by atoms with E-state index in [9.17, 15) is 0 Å². The molecule has 0 nitrogen and oxygen atoms in total. The van der Waals surface area contributed by atoms with Gasteiger partial charge in [-0.25, -0.2) is 0 Å². The summed E-state index contributed by atoms with van der Waals surface area (Å²) in [5, 5.41) is 1.74. The second-order valence-corrected chi connectivity index (χ2v) is 4.82. The molecule has 1 heteroatoms. The summed E-state index contributed by atoms with van der Waals surface area (Å²) in [4.78, 5) is 0. The first-order chi connectivity index (χ1) is 5.25. The molecule has 1 saturated heterocycles. The summed E-state index contributed by atoms with van der Waals surface area (Å²) >= 11 is 2.10. The smallest absolute Gasteiger partial charge is 0.0373 e. The third-order valence-corrected chi connectivity index (χ3v) is 3.73. The number of hydrogen-bond acceptors (Lipinski definition) is 1. The van der Waals surface area contributed by atoms with Crippen molar-refractivity contribution in [3.8, 4) is 0 Å². The summed E-state index contributed by atoms with van der Waals surface area (Å²) in [6.07, 6.45) is 5.57. The van der Waals surface area contributed by atoms with Gasteiger partial charge in [-0.05, 0) is 13.3 Å². The normalized spacial score (nSPS) is 28.5. The number of unbranched alkanes of at least 4 members (excludes halogenated alkanes) is 2. The Balaban J connectivity index is 2.00. The lowest BCUT2D eigenvalue weighted by Crippen LogP contribution is -1.94. The van der Waals surface area contributed by atoms with Crippen LogP contribution in [0.4, 0.5) is 0 Å². The van der Waals surface area contributed by atoms with Gasteiger partial charge in [0.15, 0.2) is 0 Å². The van der Waals surface area contributed by atoms with Gasteiger partial charge in [-0.2, -0.15) is 0 Å². The van der Waals surface area contributed by atoms with Crippen molar-refractivity contribution in [2.75, 3.05) is 0 Å². The van der Waals surface area contributed by atoms with Crippen molar-refractivity contribution < 1.29 is 0 Å². The minimum Gasteiger partial charge on any atom is -0.148 e. The van der Waals surface area contributed by atoms with Gasteiger partial charge >= 0.3 is 0 Å². The van der Waals surface area contributed by atoms with Crippen molar-refractivity contribution in [1.29, 1.82) is 0 Å². The van der Waals surface area contributed by atoms with E-state index in [1.807, 2.05) is 0 Å². The first-order valence-electron chi connectivity index (χ1n) is 4.56. The molecule has 0 saturated carbocycles. The SMILES string of the molecule is C=C(C)[C@@H]1S[C@H]1CCCCC. The van der Waals surface area contributed by atoms with E-state index in [4.69, 9.17) is 0 Å². The zero-order valence-electron chi connectivity index (χ0n) is 7.60. The summed E-state index contributed by atoms with van der Waals surface area (Å²) < 4.78 is 0. The molecule has 11 heavy (non-hydrogen) atoms. The minimum absolute atomic E-state index is 0.812. The molecule has 1 heterocycles. The second kappa shape index (κ2) is 4.20. The van der Waals surface area contributed by atoms with Crippen LogP contribution < -0.4 is 0 Å². The molecule has 2 atom stereocenters. The van der Waals surface area contributed by atoms with E-state index < -0.39 is 0 Å². The molecule has 1 rings (SSSR count). The summed E-state index contributed by atoms with van der Waals surface area (Å²) in [7, 11) is 0. The number of thioether (sulfide) groups is 1. The Kier molecular flexibility index (Phi) is 3.50. The highest BCUT2D eigenvalue weighted by atomic mass is 32.2. The molecule has 0 aromatic rings. The Labute approximate surface area is 74.5 Å². The molecule has 0 radical (unpaired) electrons. The van der Waals surface area contributed by atoms with Gasteiger partial charge in [-0.3, -0.25) is 0 Å². The zero-order valence-corrected chi connectivity index (χ0v) is 8.41. The van der Waals surface area contributed by atoms with Gasteiger partial charge in [0.05, 0.1) is 0 Å². The summed E-state index contributed by atoms with van der Waals surface area (Å²) in [5.74, 6) is 0. The molecule has 64 valence electrons. The molecule has 1 aliphatic rings. The van der Waals surface area contributed by atoms with Crippen LogP contribution in [0.2, 0.25) is 0 Å². The molecule has 0 aromatic carbocycles. The fourth-order valence-electron chi connectivity index (χ4n) is 1.39. The van der Waals surface area contributed by atoms with Gasteiger partial charge in [-0.15, -0.1) is 11.8 Å². The van der Waals surface area contributed by atoms with Crippen LogP contribution in [0.15, 0.2) is 12.2 Å². The van der Waals surface area contributed by atoms with Crippen LogP contribution in [0.1, 0.15) is 39.5 Å². The van der Waals surface area contributed by atoms with E-state index in [2.05, 4.69) is 32.2 Å². The van der Waals surface area contributed by atoms with Crippen LogP contribution in [0.25, 0.3) is 0 Å². The van der Waals surface area contributed by atoms with Crippen LogP contribution in [0.3, 0.4) is 0 Å². The average Bonchev–Trinajstić information content (AvgIpc) is 2.68. The van der Waals surface area contributed by atoms with Crippen molar-refractivity contribution in [3.63, 3.8) is 0 Å². The van der Waals surface area contributed by atoms with Crippen molar-refractivity contribution in [2.45, 2.75) is 50.0 Å². The van der Waals surface area contributed by atoms with Crippen LogP contribution in [0.5, 0.6) is 0 Å². The molecular formula is C10H18S. The third kappa shape index (κ3) is 2.90. The largest absolute Gasteiger partial charge is 0.148 e. The van der Waals surface area contributed by atoms with Crippen molar-refractivity contribution in [1.82, 2.24) is 0 Å². The van der Waals surface area contributed by atoms with Gasteiger partial charge in [0.2, 0.25) is 0 Å². The molecule has 0 N–H and O–H groups in total. The third-order valence-electron chi connectivity index (χ3n) is 2.16. The summed E-state index contributed by atoms with van der Waals surface area (Å²) in [6.45, 7) is 8.39. The predicted octanol–water partition coefficient (Wildman–Crippen LogP) is 3.63. The first-order valence-corrected chi connectivity index (χ1v) is 5.51. The summed E-state index contributed by atoms with van der Waals surface area (Å²) in [6, 6.07) is 0. The van der Waals surface area contributed by atoms with Crippen molar-refractivity contribution in [2.24, 2.45) is 0 Å². The highest BCUT2D eigenvalue weighted by Gasteiger charge is 2.37. The maximum Gasteiger partial charge on any atom is 0.0373 e. The molecule has 0 aliphatic carbocycles. The monoisotopic (exact) mass is 170 g/mol. The number of rotatable bonds is 5. The topological polar surface area (TPSA) is 0 Å². The van der Waals surface area contributed by atoms with Crippen LogP contribution in [-0.2, 0) is 0 Å². The lowest BCUT2D eigenvalue weighted by Gasteiger charge is -1.95. The van der Waals surface area contributed by atoms with Crippen LogP contribution in [0, 0.1) is 0 Å². The van der Waals surface area contributed by atoms with Crippen LogP contribution >= 0.6 is 11.8 Å². The molecule has 0 unspecified atom stereocenters. The summed E-state index contributed by atoms with van der Waals surface area (Å²) in [5.41, 5.74) is 1.37. The van der Waals surface area contributed by atoms with Crippen molar-refractivity contribution >= 4 is 11.8 Å². The fraction of sp³-hybridized carbons (Fsp3) is 0.800. The van der Waals surface area contributed by atoms with Gasteiger partial charge in [0.25, 0.3) is 0 Å². The second-order valence-electron chi connectivity index (χ2n) is 3.44. The van der Waals surface area contributed by atoms with E-state index in [1.165, 1.54) is 31.3 Å². The van der Waals surface area contributed by atoms with Gasteiger partial charge in [-0.1, -0.05) is 38.3 Å². The fourth-order valence-corrected chi connectivity index (χ4v) is 2.58. The Hall–Kier alpha value is 0.0900. The quantitative estimate of drug-likeness (QED) is 0.345. The van der Waals surface area contributed by atoms with Crippen molar-refractivity contribution in [3.05, 3.63) is 12.2 Å². The first kappa shape index (κ1) is 9.18. The van der Waals surface area contributed by atoms with Crippen LogP contribution in [-0.4, -0.2) is 10.5 Å². The maximum absolute atomic E-state index is 3.97. The number of hydrogen-bond donors (Lipinski definition) is 0. The minimum atomic E-state index is 0.812. The lowest BCUT2D eigenvalue weighted by molar-refractivity contribution is 0.670. The standard InChI is InChI=1S/C10H18S/c1-4-5-6-7-9-10(11-9)8(2)3/h9-10H,2,4-7H2,1,3H3/t9-,10-/m0/s1. The molecule has 0 spiro atoms. The molecule has 0 amide bonds. The van der Waals surface area contributed by atoms with E-state index in [0.29, 0.717) is 0 Å². The Morgan fingerprint density at radius 2 is 2.18 bits per heavy atom. The molecule has 1 aliphatic heterocycles. The Morgan fingerprint density at radius 1 is 1.45 bits per heavy atom. The van der Waals surface area contributed by atoms with E-state index in [0.717, 1.165) is 10.5 Å². The van der Waals surface area contributed by atoms with Gasteiger partial charge in [0.1, 0.15) is 0 Å². The zero-order chi connectivity index (χ0) is 8.27. The predicted molar refractivity (Wildman–Crippen MR) is 54.1 cm³/mol. The molecule has 1 fully saturated rings. The van der Waals surface area contributed by atoms with Gasteiger partial charge in [0, 0.05) is 10.5 Å². The molecule has 0 aromatic heterocycles. The van der Waals surface area contributed by atoms with E-state index >= 15 is 0 Å². The highest BCUT2D eigenvalue weighted by molar-refractivity contribution is 8.08. The maximum atomic E-state index is 3.97. The Bertz CT molecular complexity index is 140. The highest BCUT2D eigenvalue weighted by Crippen LogP contribution is 2.48. The molecular weight excluding hydrogens is 152 g/mol. The average molecular weight is 170 g/mol. The van der Waals surface area contributed by atoms with Gasteiger partial charge < -0.3 is 0 Å². The van der Waals surface area contributed by atoms with E-state index in [-0.39, 0.29) is 0 Å².